The maximum absolute atomic E-state index is 13.0. The van der Waals surface area contributed by atoms with Crippen LogP contribution in [0.1, 0.15) is 36.7 Å². The van der Waals surface area contributed by atoms with E-state index >= 15 is 0 Å². The highest BCUT2D eigenvalue weighted by Crippen LogP contribution is 2.45. The zero-order chi connectivity index (χ0) is 14.1. The second-order valence-corrected chi connectivity index (χ2v) is 7.36. The van der Waals surface area contributed by atoms with Crippen molar-refractivity contribution >= 4 is 34.0 Å². The molecule has 6 heteroatoms. The van der Waals surface area contributed by atoms with E-state index in [-0.39, 0.29) is 14.9 Å². The average molecular weight is 341 g/mol. The van der Waals surface area contributed by atoms with Crippen LogP contribution in [0, 0.1) is 0 Å². The fourth-order valence-corrected chi connectivity index (χ4v) is 3.21. The topological polar surface area (TPSA) is 17.1 Å². The maximum Gasteiger partial charge on any atom is 0.418 e. The molecule has 0 unspecified atom stereocenters. The second kappa shape index (κ2) is 5.25. The number of hydrogen-bond donors (Lipinski definition) is 0. The molecule has 18 heavy (non-hydrogen) atoms. The van der Waals surface area contributed by atoms with Crippen LogP contribution in [0.2, 0.25) is 0 Å². The molecular formula is C12H12BrF3OS. The number of carbonyl (C=O) groups excluding carboxylic acids is 1. The first kappa shape index (κ1) is 15.6. The third-order valence-corrected chi connectivity index (χ3v) is 3.87. The van der Waals surface area contributed by atoms with Crippen molar-refractivity contribution in [3.05, 3.63) is 27.7 Å². The lowest BCUT2D eigenvalue weighted by Crippen LogP contribution is -2.14. The van der Waals surface area contributed by atoms with Crippen LogP contribution in [-0.4, -0.2) is 11.0 Å². The zero-order valence-electron chi connectivity index (χ0n) is 10.1. The van der Waals surface area contributed by atoms with Crippen molar-refractivity contribution in [3.8, 4) is 0 Å². The number of hydrogen-bond acceptors (Lipinski definition) is 2. The van der Waals surface area contributed by atoms with Gasteiger partial charge in [-0.3, -0.25) is 4.79 Å². The van der Waals surface area contributed by atoms with Crippen molar-refractivity contribution in [2.75, 3.05) is 0 Å². The fraction of sp³-hybridized carbons (Fsp3) is 0.417. The van der Waals surface area contributed by atoms with Gasteiger partial charge in [-0.2, -0.15) is 13.2 Å². The van der Waals surface area contributed by atoms with Gasteiger partial charge in [0.05, 0.1) is 5.56 Å². The summed E-state index contributed by atoms with van der Waals surface area (Å²) in [4.78, 5) is 10.9. The lowest BCUT2D eigenvalue weighted by molar-refractivity contribution is -0.140. The molecule has 0 saturated carbocycles. The number of halogens is 4. The van der Waals surface area contributed by atoms with Gasteiger partial charge in [0.15, 0.2) is 6.29 Å². The molecule has 100 valence electrons. The molecule has 0 fully saturated rings. The normalized spacial score (nSPS) is 12.6. The maximum atomic E-state index is 13.0. The third-order valence-electron chi connectivity index (χ3n) is 1.96. The molecule has 0 N–H and O–H groups in total. The van der Waals surface area contributed by atoms with Crippen LogP contribution in [0.3, 0.4) is 0 Å². The highest BCUT2D eigenvalue weighted by molar-refractivity contribution is 9.10. The van der Waals surface area contributed by atoms with E-state index in [9.17, 15) is 18.0 Å². The zero-order valence-corrected chi connectivity index (χ0v) is 12.5. The molecule has 0 atom stereocenters. The molecule has 0 aliphatic heterocycles. The summed E-state index contributed by atoms with van der Waals surface area (Å²) in [6.45, 7) is 5.40. The molecule has 1 rings (SSSR count). The van der Waals surface area contributed by atoms with E-state index in [0.717, 1.165) is 11.8 Å². The van der Waals surface area contributed by atoms with Crippen molar-refractivity contribution in [3.63, 3.8) is 0 Å². The SMILES string of the molecule is CC(C)(C)Sc1c(C=O)ccc(Br)c1C(F)(F)F. The van der Waals surface area contributed by atoms with Gasteiger partial charge in [-0.25, -0.2) is 0 Å². The third kappa shape index (κ3) is 3.75. The Morgan fingerprint density at radius 2 is 1.78 bits per heavy atom. The van der Waals surface area contributed by atoms with Gasteiger partial charge >= 0.3 is 6.18 Å². The van der Waals surface area contributed by atoms with Crippen LogP contribution < -0.4 is 0 Å². The molecule has 1 aromatic carbocycles. The lowest BCUT2D eigenvalue weighted by atomic mass is 10.1. The summed E-state index contributed by atoms with van der Waals surface area (Å²) in [6, 6.07) is 2.64. The van der Waals surface area contributed by atoms with Gasteiger partial charge in [0.1, 0.15) is 0 Å². The number of rotatable bonds is 2. The Balaban J connectivity index is 3.52. The fourth-order valence-electron chi connectivity index (χ4n) is 1.35. The molecule has 0 bridgehead atoms. The monoisotopic (exact) mass is 340 g/mol. The van der Waals surface area contributed by atoms with Gasteiger partial charge in [-0.05, 0) is 12.1 Å². The van der Waals surface area contributed by atoms with Gasteiger partial charge in [0.25, 0.3) is 0 Å². The standard InChI is InChI=1S/C12H12BrF3OS/c1-11(2,3)18-10-7(6-17)4-5-8(13)9(10)12(14,15)16/h4-6H,1-3H3. The molecule has 0 aliphatic carbocycles. The van der Waals surface area contributed by atoms with E-state index in [1.807, 2.05) is 0 Å². The largest absolute Gasteiger partial charge is 0.418 e. The molecule has 0 spiro atoms. The summed E-state index contributed by atoms with van der Waals surface area (Å²) in [5.74, 6) is 0. The van der Waals surface area contributed by atoms with E-state index in [0.29, 0.717) is 6.29 Å². The van der Waals surface area contributed by atoms with Crippen molar-refractivity contribution in [1.29, 1.82) is 0 Å². The minimum Gasteiger partial charge on any atom is -0.298 e. The first-order valence-electron chi connectivity index (χ1n) is 5.10. The predicted octanol–water partition coefficient (Wildman–Crippen LogP) is 5.17. The van der Waals surface area contributed by atoms with Crippen molar-refractivity contribution < 1.29 is 18.0 Å². The first-order chi connectivity index (χ1) is 8.06. The van der Waals surface area contributed by atoms with Crippen LogP contribution in [0.4, 0.5) is 13.2 Å². The predicted molar refractivity (Wildman–Crippen MR) is 70.1 cm³/mol. The van der Waals surface area contributed by atoms with Crippen molar-refractivity contribution in [2.45, 2.75) is 36.6 Å². The molecule has 1 nitrogen and oxygen atoms in total. The Kier molecular flexibility index (Phi) is 4.54. The van der Waals surface area contributed by atoms with Crippen molar-refractivity contribution in [2.24, 2.45) is 0 Å². The molecule has 1 aromatic rings. The molecule has 0 saturated heterocycles. The highest BCUT2D eigenvalue weighted by atomic mass is 79.9. The summed E-state index contributed by atoms with van der Waals surface area (Å²) in [5, 5.41) is 0. The molecule has 0 heterocycles. The molecule has 0 aromatic heterocycles. The Bertz CT molecular complexity index is 464. The highest BCUT2D eigenvalue weighted by Gasteiger charge is 2.38. The van der Waals surface area contributed by atoms with Gasteiger partial charge < -0.3 is 0 Å². The number of carbonyl (C=O) groups is 1. The summed E-state index contributed by atoms with van der Waals surface area (Å²) in [5.41, 5.74) is -0.725. The Morgan fingerprint density at radius 1 is 1.22 bits per heavy atom. The van der Waals surface area contributed by atoms with Gasteiger partial charge in [0.2, 0.25) is 0 Å². The Morgan fingerprint density at radius 3 is 2.17 bits per heavy atom. The number of thioether (sulfide) groups is 1. The van der Waals surface area contributed by atoms with E-state index in [1.54, 1.807) is 20.8 Å². The van der Waals surface area contributed by atoms with Crippen LogP contribution >= 0.6 is 27.7 Å². The second-order valence-electron chi connectivity index (χ2n) is 4.67. The summed E-state index contributed by atoms with van der Waals surface area (Å²) in [7, 11) is 0. The van der Waals surface area contributed by atoms with E-state index in [2.05, 4.69) is 15.9 Å². The van der Waals surface area contributed by atoms with E-state index in [1.165, 1.54) is 12.1 Å². The summed E-state index contributed by atoms with van der Waals surface area (Å²) < 4.78 is 38.7. The minimum atomic E-state index is -4.49. The number of alkyl halides is 3. The molecular weight excluding hydrogens is 329 g/mol. The Hall–Kier alpha value is -0.490. The summed E-state index contributed by atoms with van der Waals surface area (Å²) in [6.07, 6.45) is -4.04. The molecule has 0 radical (unpaired) electrons. The number of aldehydes is 1. The van der Waals surface area contributed by atoms with Crippen LogP contribution in [0.15, 0.2) is 21.5 Å². The lowest BCUT2D eigenvalue weighted by Gasteiger charge is -2.23. The number of benzene rings is 1. The smallest absolute Gasteiger partial charge is 0.298 e. The summed E-state index contributed by atoms with van der Waals surface area (Å²) >= 11 is 3.94. The molecule has 0 amide bonds. The Labute approximate surface area is 116 Å². The van der Waals surface area contributed by atoms with E-state index in [4.69, 9.17) is 0 Å². The first-order valence-corrected chi connectivity index (χ1v) is 6.71. The van der Waals surface area contributed by atoms with Gasteiger partial charge in [-0.1, -0.05) is 36.7 Å². The van der Waals surface area contributed by atoms with Crippen molar-refractivity contribution in [1.82, 2.24) is 0 Å². The quantitative estimate of drug-likeness (QED) is 0.545. The van der Waals surface area contributed by atoms with E-state index < -0.39 is 16.5 Å². The van der Waals surface area contributed by atoms with Crippen LogP contribution in [0.25, 0.3) is 0 Å². The van der Waals surface area contributed by atoms with Gasteiger partial charge in [0, 0.05) is 19.7 Å². The van der Waals surface area contributed by atoms with Crippen LogP contribution in [-0.2, 0) is 6.18 Å². The van der Waals surface area contributed by atoms with Crippen LogP contribution in [0.5, 0.6) is 0 Å². The minimum absolute atomic E-state index is 0.0284. The van der Waals surface area contributed by atoms with Gasteiger partial charge in [-0.15, -0.1) is 11.8 Å². The average Bonchev–Trinajstić information content (AvgIpc) is 2.13. The molecule has 0 aliphatic rings.